The first-order valence-electron chi connectivity index (χ1n) is 6.20. The van der Waals surface area contributed by atoms with Crippen molar-refractivity contribution >= 4 is 35.2 Å². The second kappa shape index (κ2) is 6.94. The lowest BCUT2D eigenvalue weighted by molar-refractivity contribution is -0.141. The molecule has 1 unspecified atom stereocenters. The number of ether oxygens (including phenoxy) is 1. The summed E-state index contributed by atoms with van der Waals surface area (Å²) in [5.74, 6) is -1.11. The van der Waals surface area contributed by atoms with Crippen molar-refractivity contribution in [1.29, 1.82) is 0 Å². The summed E-state index contributed by atoms with van der Waals surface area (Å²) in [6, 6.07) is 8.98. The number of hydrogen-bond acceptors (Lipinski definition) is 5. The highest BCUT2D eigenvalue weighted by Crippen LogP contribution is 2.29. The van der Waals surface area contributed by atoms with E-state index in [-0.39, 0.29) is 18.2 Å². The number of benzene rings is 1. The molecule has 0 aliphatic carbocycles. The van der Waals surface area contributed by atoms with E-state index < -0.39 is 11.2 Å². The van der Waals surface area contributed by atoms with Crippen LogP contribution >= 0.6 is 11.8 Å². The van der Waals surface area contributed by atoms with E-state index in [9.17, 15) is 14.4 Å². The lowest BCUT2D eigenvalue weighted by atomic mass is 10.3. The number of carbonyl (C=O) groups is 3. The van der Waals surface area contributed by atoms with E-state index in [0.717, 1.165) is 11.8 Å². The van der Waals surface area contributed by atoms with Crippen molar-refractivity contribution in [3.8, 4) is 0 Å². The van der Waals surface area contributed by atoms with Crippen LogP contribution in [0.4, 0.5) is 5.69 Å². The van der Waals surface area contributed by atoms with Crippen LogP contribution in [0.3, 0.4) is 0 Å². The van der Waals surface area contributed by atoms with Gasteiger partial charge in [-0.25, -0.2) is 0 Å². The van der Waals surface area contributed by atoms with Crippen molar-refractivity contribution in [3.05, 3.63) is 41.4 Å². The second-order valence-corrected chi connectivity index (χ2v) is 5.48. The average molecular weight is 306 g/mol. The standard InChI is InChI=1S/C14H14N2O4S/c1-20-13(18)7-10-14(19)16-12(21-10)8-11(17)15-9-5-3-2-4-6-9/h2-6,8,10H,7H2,1H3,(H,15,17)(H,16,19). The Bertz CT molecular complexity index is 586. The van der Waals surface area contributed by atoms with Gasteiger partial charge in [0.2, 0.25) is 5.91 Å². The van der Waals surface area contributed by atoms with E-state index >= 15 is 0 Å². The molecule has 1 fully saturated rings. The lowest BCUT2D eigenvalue weighted by Gasteiger charge is -2.03. The highest BCUT2D eigenvalue weighted by atomic mass is 32.2. The summed E-state index contributed by atoms with van der Waals surface area (Å²) in [6.45, 7) is 0. The van der Waals surface area contributed by atoms with Crippen LogP contribution in [0, 0.1) is 0 Å². The molecule has 0 aromatic heterocycles. The van der Waals surface area contributed by atoms with E-state index in [1.54, 1.807) is 24.3 Å². The topological polar surface area (TPSA) is 84.5 Å². The molecule has 0 bridgehead atoms. The summed E-state index contributed by atoms with van der Waals surface area (Å²) in [4.78, 5) is 34.6. The number of amides is 2. The molecule has 1 aliphatic rings. The summed E-state index contributed by atoms with van der Waals surface area (Å²) in [7, 11) is 1.27. The first-order chi connectivity index (χ1) is 10.1. The monoisotopic (exact) mass is 306 g/mol. The largest absolute Gasteiger partial charge is 0.469 e. The van der Waals surface area contributed by atoms with Gasteiger partial charge in [-0.3, -0.25) is 14.4 Å². The van der Waals surface area contributed by atoms with Crippen LogP contribution in [-0.4, -0.2) is 30.1 Å². The fourth-order valence-electron chi connectivity index (χ4n) is 1.70. The van der Waals surface area contributed by atoms with Crippen LogP contribution in [0.15, 0.2) is 41.4 Å². The molecular formula is C14H14N2O4S. The van der Waals surface area contributed by atoms with Crippen molar-refractivity contribution in [2.45, 2.75) is 11.7 Å². The molecule has 6 nitrogen and oxygen atoms in total. The van der Waals surface area contributed by atoms with Crippen LogP contribution in [0.5, 0.6) is 0 Å². The third kappa shape index (κ3) is 4.35. The quantitative estimate of drug-likeness (QED) is 0.646. The zero-order chi connectivity index (χ0) is 15.2. The molecule has 1 atom stereocenters. The van der Waals surface area contributed by atoms with Crippen LogP contribution < -0.4 is 10.6 Å². The van der Waals surface area contributed by atoms with Crippen LogP contribution in [0.2, 0.25) is 0 Å². The minimum atomic E-state index is -0.562. The molecule has 1 aromatic carbocycles. The second-order valence-electron chi connectivity index (χ2n) is 4.24. The minimum absolute atomic E-state index is 0.0232. The summed E-state index contributed by atoms with van der Waals surface area (Å²) in [6.07, 6.45) is 1.28. The molecule has 1 saturated heterocycles. The molecule has 1 aliphatic heterocycles. The smallest absolute Gasteiger partial charge is 0.307 e. The zero-order valence-electron chi connectivity index (χ0n) is 11.3. The SMILES string of the molecule is COC(=O)CC1SC(=CC(=O)Nc2ccccc2)NC1=O. The number of para-hydroxylation sites is 1. The summed E-state index contributed by atoms with van der Waals surface area (Å²) < 4.78 is 4.52. The Labute approximate surface area is 125 Å². The van der Waals surface area contributed by atoms with Gasteiger partial charge in [-0.15, -0.1) is 0 Å². The molecular weight excluding hydrogens is 292 g/mol. The van der Waals surface area contributed by atoms with E-state index in [1.165, 1.54) is 13.2 Å². The Morgan fingerprint density at radius 3 is 2.76 bits per heavy atom. The van der Waals surface area contributed by atoms with Gasteiger partial charge in [0, 0.05) is 11.8 Å². The van der Waals surface area contributed by atoms with E-state index in [1.807, 2.05) is 6.07 Å². The fraction of sp³-hybridized carbons (Fsp3) is 0.214. The highest BCUT2D eigenvalue weighted by molar-refractivity contribution is 8.04. The Balaban J connectivity index is 1.94. The van der Waals surface area contributed by atoms with Crippen molar-refractivity contribution in [1.82, 2.24) is 5.32 Å². The number of thioether (sulfide) groups is 1. The molecule has 2 N–H and O–H groups in total. The third-order valence-electron chi connectivity index (χ3n) is 2.69. The highest BCUT2D eigenvalue weighted by Gasteiger charge is 2.31. The Kier molecular flexibility index (Phi) is 4.99. The molecule has 0 saturated carbocycles. The number of anilines is 1. The number of rotatable bonds is 4. The number of nitrogens with one attached hydrogen (secondary N) is 2. The lowest BCUT2D eigenvalue weighted by Crippen LogP contribution is -2.24. The minimum Gasteiger partial charge on any atom is -0.469 e. The van der Waals surface area contributed by atoms with E-state index in [4.69, 9.17) is 0 Å². The molecule has 0 radical (unpaired) electrons. The predicted molar refractivity (Wildman–Crippen MR) is 79.3 cm³/mol. The van der Waals surface area contributed by atoms with Gasteiger partial charge in [0.05, 0.1) is 18.6 Å². The van der Waals surface area contributed by atoms with Gasteiger partial charge in [0.15, 0.2) is 0 Å². The van der Waals surface area contributed by atoms with E-state index in [0.29, 0.717) is 10.7 Å². The van der Waals surface area contributed by atoms with Gasteiger partial charge in [-0.2, -0.15) is 0 Å². The van der Waals surface area contributed by atoms with Gasteiger partial charge in [0.25, 0.3) is 5.91 Å². The maximum atomic E-state index is 11.8. The molecule has 21 heavy (non-hydrogen) atoms. The molecule has 0 spiro atoms. The Morgan fingerprint density at radius 1 is 1.38 bits per heavy atom. The number of methoxy groups -OCH3 is 1. The molecule has 1 aromatic rings. The molecule has 2 rings (SSSR count). The van der Waals surface area contributed by atoms with Crippen molar-refractivity contribution < 1.29 is 19.1 Å². The fourth-order valence-corrected chi connectivity index (χ4v) is 2.72. The van der Waals surface area contributed by atoms with Gasteiger partial charge in [-0.1, -0.05) is 30.0 Å². The van der Waals surface area contributed by atoms with Crippen molar-refractivity contribution in [2.24, 2.45) is 0 Å². The summed E-state index contributed by atoms with van der Waals surface area (Å²) in [5, 5.41) is 5.10. The van der Waals surface area contributed by atoms with Gasteiger partial charge in [0.1, 0.15) is 5.25 Å². The van der Waals surface area contributed by atoms with Crippen LogP contribution in [-0.2, 0) is 19.1 Å². The first kappa shape index (κ1) is 15.1. The Hall–Kier alpha value is -2.28. The summed E-state index contributed by atoms with van der Waals surface area (Å²) in [5.41, 5.74) is 0.666. The Morgan fingerprint density at radius 2 is 2.10 bits per heavy atom. The first-order valence-corrected chi connectivity index (χ1v) is 7.08. The van der Waals surface area contributed by atoms with Crippen molar-refractivity contribution in [2.75, 3.05) is 12.4 Å². The third-order valence-corrected chi connectivity index (χ3v) is 3.83. The van der Waals surface area contributed by atoms with Gasteiger partial charge >= 0.3 is 5.97 Å². The molecule has 1 heterocycles. The summed E-state index contributed by atoms with van der Waals surface area (Å²) >= 11 is 1.14. The molecule has 7 heteroatoms. The predicted octanol–water partition coefficient (Wildman–Crippen LogP) is 1.26. The normalized spacial score (nSPS) is 19.2. The number of esters is 1. The maximum Gasteiger partial charge on any atom is 0.307 e. The number of carbonyl (C=O) groups excluding carboxylic acids is 3. The van der Waals surface area contributed by atoms with Crippen LogP contribution in [0.1, 0.15) is 6.42 Å². The number of hydrogen-bond donors (Lipinski definition) is 2. The van der Waals surface area contributed by atoms with Gasteiger partial charge < -0.3 is 15.4 Å². The van der Waals surface area contributed by atoms with Crippen molar-refractivity contribution in [3.63, 3.8) is 0 Å². The van der Waals surface area contributed by atoms with E-state index in [2.05, 4.69) is 15.4 Å². The molecule has 110 valence electrons. The molecule has 2 amide bonds. The van der Waals surface area contributed by atoms with Crippen LogP contribution in [0.25, 0.3) is 0 Å². The van der Waals surface area contributed by atoms with Gasteiger partial charge in [-0.05, 0) is 12.1 Å². The maximum absolute atomic E-state index is 11.8. The zero-order valence-corrected chi connectivity index (χ0v) is 12.1. The average Bonchev–Trinajstić information content (AvgIpc) is 2.79.